The minimum atomic E-state index is -0.384. The zero-order chi connectivity index (χ0) is 18.5. The number of nitrogens with one attached hydrogen (secondary N) is 1. The van der Waals surface area contributed by atoms with Crippen molar-refractivity contribution in [2.75, 3.05) is 0 Å². The maximum atomic E-state index is 13.4. The van der Waals surface area contributed by atoms with E-state index < -0.39 is 0 Å². The number of aromatic amines is 1. The third-order valence-electron chi connectivity index (χ3n) is 5.50. The lowest BCUT2D eigenvalue weighted by Crippen LogP contribution is -2.33. The summed E-state index contributed by atoms with van der Waals surface area (Å²) < 4.78 is 3.04. The molecule has 0 atom stereocenters. The molecule has 0 fully saturated rings. The van der Waals surface area contributed by atoms with E-state index in [1.807, 2.05) is 25.2 Å². The van der Waals surface area contributed by atoms with Gasteiger partial charge in [0.1, 0.15) is 4.83 Å². The Bertz CT molecular complexity index is 1290. The molecular weight excluding hydrogens is 360 g/mol. The molecule has 4 aromatic rings. The molecule has 27 heavy (non-hydrogen) atoms. The second-order valence-corrected chi connectivity index (χ2v) is 8.31. The Morgan fingerprint density at radius 2 is 1.93 bits per heavy atom. The van der Waals surface area contributed by atoms with Crippen molar-refractivity contribution in [3.63, 3.8) is 0 Å². The number of hydrogen-bond acceptors (Lipinski definition) is 4. The molecule has 0 bridgehead atoms. The van der Waals surface area contributed by atoms with E-state index in [1.165, 1.54) is 22.3 Å². The SMILES string of the molecule is Cn1ncc2cc(-n3c(=O)[nH]c4sc5c(c4c3=O)CCCCCC5)ccc21. The monoisotopic (exact) mass is 380 g/mol. The number of aryl methyl sites for hydroxylation is 3. The minimum absolute atomic E-state index is 0.213. The first-order valence-electron chi connectivity index (χ1n) is 9.35. The maximum absolute atomic E-state index is 13.4. The summed E-state index contributed by atoms with van der Waals surface area (Å²) in [5, 5.41) is 5.84. The van der Waals surface area contributed by atoms with Crippen molar-refractivity contribution in [3.8, 4) is 5.69 Å². The van der Waals surface area contributed by atoms with Gasteiger partial charge < -0.3 is 0 Å². The average Bonchev–Trinajstić information content (AvgIpc) is 3.15. The molecule has 7 heteroatoms. The Hall–Kier alpha value is -2.67. The van der Waals surface area contributed by atoms with Crippen molar-refractivity contribution in [2.24, 2.45) is 7.05 Å². The number of rotatable bonds is 1. The van der Waals surface area contributed by atoms with Crippen LogP contribution in [-0.4, -0.2) is 19.3 Å². The minimum Gasteiger partial charge on any atom is -0.298 e. The predicted octanol–water partition coefficient (Wildman–Crippen LogP) is 3.29. The van der Waals surface area contributed by atoms with Gasteiger partial charge in [-0.2, -0.15) is 5.10 Å². The predicted molar refractivity (Wildman–Crippen MR) is 108 cm³/mol. The Morgan fingerprint density at radius 1 is 1.11 bits per heavy atom. The van der Waals surface area contributed by atoms with Crippen molar-refractivity contribution in [1.29, 1.82) is 0 Å². The number of nitrogens with zero attached hydrogens (tertiary/aromatic N) is 3. The van der Waals surface area contributed by atoms with Gasteiger partial charge in [-0.25, -0.2) is 9.36 Å². The molecule has 0 saturated heterocycles. The van der Waals surface area contributed by atoms with E-state index in [2.05, 4.69) is 10.1 Å². The lowest BCUT2D eigenvalue weighted by molar-refractivity contribution is 0.623. The highest BCUT2D eigenvalue weighted by Crippen LogP contribution is 2.32. The maximum Gasteiger partial charge on any atom is 0.334 e. The highest BCUT2D eigenvalue weighted by Gasteiger charge is 2.20. The first-order chi connectivity index (χ1) is 13.1. The second-order valence-electron chi connectivity index (χ2n) is 7.20. The van der Waals surface area contributed by atoms with E-state index in [4.69, 9.17) is 0 Å². The van der Waals surface area contributed by atoms with Gasteiger partial charge in [-0.15, -0.1) is 11.3 Å². The third-order valence-corrected chi connectivity index (χ3v) is 6.71. The summed E-state index contributed by atoms with van der Waals surface area (Å²) in [6, 6.07) is 5.55. The van der Waals surface area contributed by atoms with Gasteiger partial charge in [0.2, 0.25) is 0 Å². The summed E-state index contributed by atoms with van der Waals surface area (Å²) in [5.74, 6) is 0. The van der Waals surface area contributed by atoms with E-state index in [1.54, 1.807) is 22.2 Å². The summed E-state index contributed by atoms with van der Waals surface area (Å²) in [7, 11) is 1.87. The molecule has 6 nitrogen and oxygen atoms in total. The van der Waals surface area contributed by atoms with Crippen molar-refractivity contribution < 1.29 is 0 Å². The molecule has 5 rings (SSSR count). The van der Waals surface area contributed by atoms with Crippen LogP contribution in [0, 0.1) is 0 Å². The summed E-state index contributed by atoms with van der Waals surface area (Å²) >= 11 is 1.58. The summed E-state index contributed by atoms with van der Waals surface area (Å²) in [4.78, 5) is 31.0. The van der Waals surface area contributed by atoms with Crippen LogP contribution in [0.3, 0.4) is 0 Å². The molecule has 0 radical (unpaired) electrons. The molecular formula is C20H20N4O2S. The Morgan fingerprint density at radius 3 is 2.78 bits per heavy atom. The van der Waals surface area contributed by atoms with Gasteiger partial charge in [-0.05, 0) is 49.4 Å². The molecule has 3 aromatic heterocycles. The van der Waals surface area contributed by atoms with Crippen LogP contribution >= 0.6 is 11.3 Å². The smallest absolute Gasteiger partial charge is 0.298 e. The summed E-state index contributed by atoms with van der Waals surface area (Å²) in [6.07, 6.45) is 8.34. The van der Waals surface area contributed by atoms with E-state index in [9.17, 15) is 9.59 Å². The fourth-order valence-electron chi connectivity index (χ4n) is 4.12. The second kappa shape index (κ2) is 6.20. The third kappa shape index (κ3) is 2.56. The van der Waals surface area contributed by atoms with Crippen molar-refractivity contribution in [2.45, 2.75) is 38.5 Å². The molecule has 0 spiro atoms. The molecule has 1 aliphatic rings. The molecule has 1 N–H and O–H groups in total. The van der Waals surface area contributed by atoms with Crippen molar-refractivity contribution in [3.05, 3.63) is 55.7 Å². The molecule has 0 saturated carbocycles. The topological polar surface area (TPSA) is 72.7 Å². The molecule has 0 unspecified atom stereocenters. The van der Waals surface area contributed by atoms with Crippen LogP contribution in [0.5, 0.6) is 0 Å². The average molecular weight is 380 g/mol. The number of thiophene rings is 1. The van der Waals surface area contributed by atoms with Crippen LogP contribution in [0.15, 0.2) is 34.0 Å². The highest BCUT2D eigenvalue weighted by atomic mass is 32.1. The normalized spacial score (nSPS) is 15.0. The van der Waals surface area contributed by atoms with Gasteiger partial charge in [0.25, 0.3) is 5.56 Å². The van der Waals surface area contributed by atoms with Crippen LogP contribution in [0.2, 0.25) is 0 Å². The molecule has 1 aromatic carbocycles. The quantitative estimate of drug-likeness (QED) is 0.551. The lowest BCUT2D eigenvalue weighted by Gasteiger charge is -2.09. The van der Waals surface area contributed by atoms with E-state index >= 15 is 0 Å². The van der Waals surface area contributed by atoms with Crippen LogP contribution in [0.4, 0.5) is 0 Å². The zero-order valence-corrected chi connectivity index (χ0v) is 15.9. The number of H-pyrrole nitrogens is 1. The van der Waals surface area contributed by atoms with Gasteiger partial charge in [0.15, 0.2) is 0 Å². The van der Waals surface area contributed by atoms with Crippen LogP contribution in [0.25, 0.3) is 26.8 Å². The van der Waals surface area contributed by atoms with Gasteiger partial charge >= 0.3 is 5.69 Å². The highest BCUT2D eigenvalue weighted by molar-refractivity contribution is 7.18. The standard InChI is InChI=1S/C20H20N4O2S/c1-23-15-9-8-13(10-12(15)11-21-23)24-19(25)17-14-6-4-2-3-5-7-16(14)27-18(17)22-20(24)26/h8-11H,2-7H2,1H3,(H,22,26). The van der Waals surface area contributed by atoms with Crippen LogP contribution in [0.1, 0.15) is 36.1 Å². The zero-order valence-electron chi connectivity index (χ0n) is 15.1. The van der Waals surface area contributed by atoms with Crippen molar-refractivity contribution >= 4 is 32.5 Å². The number of hydrogen-bond donors (Lipinski definition) is 1. The number of fused-ring (bicyclic) bond motifs is 4. The fourth-order valence-corrected chi connectivity index (χ4v) is 5.39. The number of aromatic nitrogens is 4. The Kier molecular flexibility index (Phi) is 3.79. The molecule has 1 aliphatic carbocycles. The summed E-state index contributed by atoms with van der Waals surface area (Å²) in [5.41, 5.74) is 2.09. The largest absolute Gasteiger partial charge is 0.334 e. The van der Waals surface area contributed by atoms with E-state index in [0.29, 0.717) is 11.1 Å². The van der Waals surface area contributed by atoms with Gasteiger partial charge in [0.05, 0.1) is 22.8 Å². The molecule has 138 valence electrons. The van der Waals surface area contributed by atoms with Crippen molar-refractivity contribution in [1.82, 2.24) is 19.3 Å². The molecule has 0 aliphatic heterocycles. The first kappa shape index (κ1) is 16.5. The summed E-state index contributed by atoms with van der Waals surface area (Å²) in [6.45, 7) is 0. The van der Waals surface area contributed by atoms with Gasteiger partial charge in [-0.1, -0.05) is 12.8 Å². The molecule has 3 heterocycles. The Labute approximate surface area is 159 Å². The van der Waals surface area contributed by atoms with Crippen LogP contribution < -0.4 is 11.2 Å². The lowest BCUT2D eigenvalue weighted by atomic mass is 9.98. The van der Waals surface area contributed by atoms with E-state index in [0.717, 1.165) is 47.0 Å². The fraction of sp³-hybridized carbons (Fsp3) is 0.350. The van der Waals surface area contributed by atoms with E-state index in [-0.39, 0.29) is 11.2 Å². The molecule has 0 amide bonds. The Balaban J connectivity index is 1.77. The first-order valence-corrected chi connectivity index (χ1v) is 10.2. The van der Waals surface area contributed by atoms with Gasteiger partial charge in [-0.3, -0.25) is 14.5 Å². The number of benzene rings is 1. The van der Waals surface area contributed by atoms with Crippen LogP contribution in [-0.2, 0) is 19.9 Å². The van der Waals surface area contributed by atoms with Gasteiger partial charge in [0, 0.05) is 17.3 Å².